The van der Waals surface area contributed by atoms with Crippen LogP contribution >= 0.6 is 15.9 Å². The van der Waals surface area contributed by atoms with Gasteiger partial charge in [0.15, 0.2) is 0 Å². The first-order chi connectivity index (χ1) is 9.89. The normalized spacial score (nSPS) is 20.4. The predicted molar refractivity (Wildman–Crippen MR) is 91.0 cm³/mol. The van der Waals surface area contributed by atoms with E-state index in [9.17, 15) is 4.39 Å². The number of halogens is 2. The van der Waals surface area contributed by atoms with Crippen LogP contribution in [0, 0.1) is 17.2 Å². The molecule has 0 bridgehead atoms. The van der Waals surface area contributed by atoms with Crippen LogP contribution in [0.3, 0.4) is 0 Å². The second kappa shape index (κ2) is 7.23. The number of likely N-dealkylation sites (N-methyl/N-ethyl adjacent to an activating group) is 1. The predicted octanol–water partition coefficient (Wildman–Crippen LogP) is 5.33. The van der Waals surface area contributed by atoms with E-state index >= 15 is 0 Å². The Hall–Kier alpha value is -0.410. The maximum atomic E-state index is 13.6. The average molecular weight is 356 g/mol. The van der Waals surface area contributed by atoms with Crippen molar-refractivity contribution in [1.29, 1.82) is 0 Å². The van der Waals surface area contributed by atoms with Crippen molar-refractivity contribution in [1.82, 2.24) is 5.32 Å². The Morgan fingerprint density at radius 3 is 2.52 bits per heavy atom. The molecular formula is C18H27BrFN. The fourth-order valence-corrected chi connectivity index (χ4v) is 3.99. The third-order valence-electron chi connectivity index (χ3n) is 4.80. The Kier molecular flexibility index (Phi) is 5.84. The van der Waals surface area contributed by atoms with E-state index in [1.54, 1.807) is 6.07 Å². The molecule has 3 heteroatoms. The van der Waals surface area contributed by atoms with Crippen LogP contribution in [0.15, 0.2) is 22.7 Å². The van der Waals surface area contributed by atoms with E-state index < -0.39 is 0 Å². The van der Waals surface area contributed by atoms with Crippen molar-refractivity contribution >= 4 is 15.9 Å². The van der Waals surface area contributed by atoms with Gasteiger partial charge in [0.2, 0.25) is 0 Å². The standard InChI is InChI=1S/C18H27BrFN/c1-4-21-17(14-5-7-18(2,3)8-6-14)11-13-9-15(19)12-16(20)10-13/h9-10,12,14,17,21H,4-8,11H2,1-3H3. The van der Waals surface area contributed by atoms with Crippen LogP contribution in [0.1, 0.15) is 52.0 Å². The minimum Gasteiger partial charge on any atom is -0.314 e. The van der Waals surface area contributed by atoms with E-state index in [0.717, 1.165) is 23.0 Å². The number of hydrogen-bond acceptors (Lipinski definition) is 1. The van der Waals surface area contributed by atoms with Crippen molar-refractivity contribution in [3.05, 3.63) is 34.1 Å². The molecule has 1 aromatic rings. The summed E-state index contributed by atoms with van der Waals surface area (Å²) >= 11 is 3.39. The molecule has 1 fully saturated rings. The second-order valence-electron chi connectivity index (χ2n) is 7.15. The summed E-state index contributed by atoms with van der Waals surface area (Å²) in [5.74, 6) is 0.555. The van der Waals surface area contributed by atoms with Crippen LogP contribution in [0.5, 0.6) is 0 Å². The third kappa shape index (κ3) is 5.07. The van der Waals surface area contributed by atoms with Gasteiger partial charge in [-0.3, -0.25) is 0 Å². The van der Waals surface area contributed by atoms with E-state index in [1.807, 2.05) is 6.07 Å². The molecule has 1 N–H and O–H groups in total. The molecule has 1 nitrogen and oxygen atoms in total. The summed E-state index contributed by atoms with van der Waals surface area (Å²) in [6, 6.07) is 5.69. The van der Waals surface area contributed by atoms with Crippen molar-refractivity contribution in [3.8, 4) is 0 Å². The van der Waals surface area contributed by atoms with Crippen molar-refractivity contribution in [2.75, 3.05) is 6.54 Å². The van der Waals surface area contributed by atoms with Gasteiger partial charge in [-0.15, -0.1) is 0 Å². The van der Waals surface area contributed by atoms with Crippen LogP contribution < -0.4 is 5.32 Å². The quantitative estimate of drug-likeness (QED) is 0.752. The Balaban J connectivity index is 2.05. The van der Waals surface area contributed by atoms with Crippen LogP contribution in [-0.2, 0) is 6.42 Å². The molecule has 0 saturated heterocycles. The van der Waals surface area contributed by atoms with Crippen LogP contribution in [-0.4, -0.2) is 12.6 Å². The van der Waals surface area contributed by atoms with Gasteiger partial charge in [0, 0.05) is 10.5 Å². The van der Waals surface area contributed by atoms with Gasteiger partial charge in [0.1, 0.15) is 5.82 Å². The van der Waals surface area contributed by atoms with Crippen molar-refractivity contribution in [2.24, 2.45) is 11.3 Å². The van der Waals surface area contributed by atoms with Gasteiger partial charge in [-0.2, -0.15) is 0 Å². The van der Waals surface area contributed by atoms with E-state index in [2.05, 4.69) is 42.0 Å². The molecule has 0 aromatic heterocycles. The summed E-state index contributed by atoms with van der Waals surface area (Å²) in [5, 5.41) is 3.63. The largest absolute Gasteiger partial charge is 0.314 e. The fourth-order valence-electron chi connectivity index (χ4n) is 3.47. The monoisotopic (exact) mass is 355 g/mol. The summed E-state index contributed by atoms with van der Waals surface area (Å²) in [5.41, 5.74) is 1.58. The molecule has 1 aliphatic rings. The highest BCUT2D eigenvalue weighted by molar-refractivity contribution is 9.10. The maximum absolute atomic E-state index is 13.6. The van der Waals surface area contributed by atoms with Crippen molar-refractivity contribution < 1.29 is 4.39 Å². The van der Waals surface area contributed by atoms with Gasteiger partial charge in [-0.1, -0.05) is 36.7 Å². The Morgan fingerprint density at radius 2 is 1.95 bits per heavy atom. The molecular weight excluding hydrogens is 329 g/mol. The molecule has 0 amide bonds. The fraction of sp³-hybridized carbons (Fsp3) is 0.667. The highest BCUT2D eigenvalue weighted by Gasteiger charge is 2.31. The lowest BCUT2D eigenvalue weighted by atomic mass is 9.70. The molecule has 1 atom stereocenters. The summed E-state index contributed by atoms with van der Waals surface area (Å²) in [4.78, 5) is 0. The summed E-state index contributed by atoms with van der Waals surface area (Å²) in [7, 11) is 0. The molecule has 0 spiro atoms. The lowest BCUT2D eigenvalue weighted by molar-refractivity contribution is 0.161. The lowest BCUT2D eigenvalue weighted by Crippen LogP contribution is -2.40. The highest BCUT2D eigenvalue weighted by atomic mass is 79.9. The molecule has 1 unspecified atom stereocenters. The van der Waals surface area contributed by atoms with E-state index in [0.29, 0.717) is 17.4 Å². The second-order valence-corrected chi connectivity index (χ2v) is 8.06. The lowest BCUT2D eigenvalue weighted by Gasteiger charge is -2.38. The average Bonchev–Trinajstić information content (AvgIpc) is 2.37. The topological polar surface area (TPSA) is 12.0 Å². The first kappa shape index (κ1) is 17.0. The third-order valence-corrected chi connectivity index (χ3v) is 5.25. The van der Waals surface area contributed by atoms with Gasteiger partial charge >= 0.3 is 0 Å². The molecule has 1 saturated carbocycles. The maximum Gasteiger partial charge on any atom is 0.124 e. The van der Waals surface area contributed by atoms with Crippen LogP contribution in [0.2, 0.25) is 0 Å². The molecule has 118 valence electrons. The van der Waals surface area contributed by atoms with Gasteiger partial charge in [-0.05, 0) is 73.7 Å². The minimum absolute atomic E-state index is 0.153. The summed E-state index contributed by atoms with van der Waals surface area (Å²) in [6.07, 6.45) is 6.07. The zero-order chi connectivity index (χ0) is 15.5. The smallest absolute Gasteiger partial charge is 0.124 e. The summed E-state index contributed by atoms with van der Waals surface area (Å²) < 4.78 is 14.4. The number of benzene rings is 1. The van der Waals surface area contributed by atoms with E-state index in [-0.39, 0.29) is 5.82 Å². The first-order valence-corrected chi connectivity index (χ1v) is 8.87. The Bertz CT molecular complexity index is 442. The van der Waals surface area contributed by atoms with Gasteiger partial charge in [0.05, 0.1) is 0 Å². The summed E-state index contributed by atoms with van der Waals surface area (Å²) in [6.45, 7) is 7.87. The van der Waals surface area contributed by atoms with Gasteiger partial charge < -0.3 is 5.32 Å². The zero-order valence-corrected chi connectivity index (χ0v) is 15.0. The molecule has 0 heterocycles. The van der Waals surface area contributed by atoms with Crippen molar-refractivity contribution in [3.63, 3.8) is 0 Å². The molecule has 0 radical (unpaired) electrons. The molecule has 1 aromatic carbocycles. The van der Waals surface area contributed by atoms with E-state index in [1.165, 1.54) is 31.7 Å². The van der Waals surface area contributed by atoms with E-state index in [4.69, 9.17) is 0 Å². The first-order valence-electron chi connectivity index (χ1n) is 8.08. The Morgan fingerprint density at radius 1 is 1.29 bits per heavy atom. The Labute approximate surface area is 136 Å². The SMILES string of the molecule is CCNC(Cc1cc(F)cc(Br)c1)C1CCC(C)(C)CC1. The molecule has 0 aliphatic heterocycles. The molecule has 21 heavy (non-hydrogen) atoms. The van der Waals surface area contributed by atoms with Gasteiger partial charge in [0.25, 0.3) is 0 Å². The number of rotatable bonds is 5. The zero-order valence-electron chi connectivity index (χ0n) is 13.4. The van der Waals surface area contributed by atoms with Crippen LogP contribution in [0.25, 0.3) is 0 Å². The number of nitrogens with one attached hydrogen (secondary N) is 1. The van der Waals surface area contributed by atoms with Crippen LogP contribution in [0.4, 0.5) is 4.39 Å². The number of hydrogen-bond donors (Lipinski definition) is 1. The molecule has 2 rings (SSSR count). The molecule has 1 aliphatic carbocycles. The van der Waals surface area contributed by atoms with Gasteiger partial charge in [-0.25, -0.2) is 4.39 Å². The van der Waals surface area contributed by atoms with Crippen molar-refractivity contribution in [2.45, 2.75) is 58.9 Å². The minimum atomic E-state index is -0.153. The highest BCUT2D eigenvalue weighted by Crippen LogP contribution is 2.39.